The van der Waals surface area contributed by atoms with Crippen LogP contribution in [0.15, 0.2) is 42.6 Å². The summed E-state index contributed by atoms with van der Waals surface area (Å²) in [6.07, 6.45) is 4.61. The van der Waals surface area contributed by atoms with E-state index >= 15 is 0 Å². The summed E-state index contributed by atoms with van der Waals surface area (Å²) in [6, 6.07) is 11.1. The maximum Gasteiger partial charge on any atom is 0.318 e. The Morgan fingerprint density at radius 2 is 1.93 bits per heavy atom. The Hall–Kier alpha value is -2.80. The first-order chi connectivity index (χ1) is 14.2. The first-order valence-electron chi connectivity index (χ1n) is 10.2. The summed E-state index contributed by atoms with van der Waals surface area (Å²) in [5.74, 6) is 1.98. The van der Waals surface area contributed by atoms with Crippen LogP contribution in [0.1, 0.15) is 31.7 Å². The van der Waals surface area contributed by atoms with Crippen molar-refractivity contribution in [1.29, 1.82) is 0 Å². The van der Waals surface area contributed by atoms with E-state index in [1.54, 1.807) is 6.20 Å². The highest BCUT2D eigenvalue weighted by Crippen LogP contribution is 2.39. The molecule has 3 heterocycles. The lowest BCUT2D eigenvalue weighted by Gasteiger charge is -2.54. The number of nitrogens with one attached hydrogen (secondary N) is 1. The second kappa shape index (κ2) is 8.69. The summed E-state index contributed by atoms with van der Waals surface area (Å²) in [5, 5.41) is 3.03. The van der Waals surface area contributed by atoms with E-state index in [-0.39, 0.29) is 11.6 Å². The molecule has 0 bridgehead atoms. The van der Waals surface area contributed by atoms with Gasteiger partial charge >= 0.3 is 6.03 Å². The molecule has 0 saturated carbocycles. The van der Waals surface area contributed by atoms with Crippen LogP contribution in [0.4, 0.5) is 4.79 Å². The van der Waals surface area contributed by atoms with Crippen molar-refractivity contribution in [2.45, 2.75) is 38.3 Å². The standard InChI is InChI=1S/C22H27N3O4/c1-2-28-18-3-5-19(6-4-18)29-20-15-17(7-11-23-20)16-24-21(26)25-12-8-22(25)9-13-27-14-10-22/h3-7,11,15H,2,8-10,12-14,16H2,1H3,(H,24,26). The topological polar surface area (TPSA) is 72.9 Å². The van der Waals surface area contributed by atoms with Gasteiger partial charge in [0.25, 0.3) is 0 Å². The first kappa shape index (κ1) is 19.5. The summed E-state index contributed by atoms with van der Waals surface area (Å²) < 4.78 is 16.7. The van der Waals surface area contributed by atoms with E-state index in [1.807, 2.05) is 48.2 Å². The zero-order valence-corrected chi connectivity index (χ0v) is 16.7. The second-order valence-electron chi connectivity index (χ2n) is 7.41. The molecule has 2 aliphatic rings. The molecule has 1 aromatic heterocycles. The number of nitrogens with zero attached hydrogens (tertiary/aromatic N) is 2. The largest absolute Gasteiger partial charge is 0.494 e. The summed E-state index contributed by atoms with van der Waals surface area (Å²) in [6.45, 7) is 5.30. The summed E-state index contributed by atoms with van der Waals surface area (Å²) in [4.78, 5) is 18.9. The molecule has 0 atom stereocenters. The van der Waals surface area contributed by atoms with Gasteiger partial charge in [-0.15, -0.1) is 0 Å². The van der Waals surface area contributed by atoms with Crippen LogP contribution >= 0.6 is 0 Å². The van der Waals surface area contributed by atoms with Crippen LogP contribution in [-0.2, 0) is 11.3 Å². The number of urea groups is 1. The molecule has 154 valence electrons. The van der Waals surface area contributed by atoms with Crippen molar-refractivity contribution < 1.29 is 19.0 Å². The van der Waals surface area contributed by atoms with Gasteiger partial charge in [0, 0.05) is 38.6 Å². The molecule has 1 N–H and O–H groups in total. The van der Waals surface area contributed by atoms with Gasteiger partial charge < -0.3 is 24.4 Å². The normalized spacial score (nSPS) is 17.5. The van der Waals surface area contributed by atoms with Crippen molar-refractivity contribution >= 4 is 6.03 Å². The van der Waals surface area contributed by atoms with Crippen LogP contribution < -0.4 is 14.8 Å². The smallest absolute Gasteiger partial charge is 0.318 e. The number of hydrogen-bond donors (Lipinski definition) is 1. The minimum Gasteiger partial charge on any atom is -0.494 e. The van der Waals surface area contributed by atoms with E-state index in [2.05, 4.69) is 10.3 Å². The average molecular weight is 397 g/mol. The molecule has 2 aromatic rings. The Morgan fingerprint density at radius 3 is 2.62 bits per heavy atom. The van der Waals surface area contributed by atoms with E-state index < -0.39 is 0 Å². The Morgan fingerprint density at radius 1 is 1.17 bits per heavy atom. The Labute approximate surface area is 171 Å². The van der Waals surface area contributed by atoms with Gasteiger partial charge in [0.2, 0.25) is 5.88 Å². The van der Waals surface area contributed by atoms with Crippen LogP contribution in [0.2, 0.25) is 0 Å². The van der Waals surface area contributed by atoms with Crippen molar-refractivity contribution in [3.63, 3.8) is 0 Å². The lowest BCUT2D eigenvalue weighted by molar-refractivity contribution is -0.0629. The van der Waals surface area contributed by atoms with Crippen LogP contribution in [0.5, 0.6) is 17.4 Å². The average Bonchev–Trinajstić information content (AvgIpc) is 2.74. The maximum absolute atomic E-state index is 12.6. The number of amides is 2. The first-order valence-corrected chi connectivity index (χ1v) is 10.2. The molecule has 2 amide bonds. The lowest BCUT2D eigenvalue weighted by atomic mass is 9.78. The fraction of sp³-hybridized carbons (Fsp3) is 0.455. The van der Waals surface area contributed by atoms with Gasteiger partial charge in [0.05, 0.1) is 12.1 Å². The molecule has 1 aromatic carbocycles. The number of likely N-dealkylation sites (tertiary alicyclic amines) is 1. The molecule has 2 saturated heterocycles. The predicted molar refractivity (Wildman–Crippen MR) is 108 cm³/mol. The van der Waals surface area contributed by atoms with E-state index in [0.29, 0.717) is 24.8 Å². The third-order valence-electron chi connectivity index (χ3n) is 5.64. The second-order valence-corrected chi connectivity index (χ2v) is 7.41. The fourth-order valence-electron chi connectivity index (χ4n) is 3.91. The zero-order valence-electron chi connectivity index (χ0n) is 16.7. The SMILES string of the molecule is CCOc1ccc(Oc2cc(CNC(=O)N3CCC34CCOCC4)ccn2)cc1. The van der Waals surface area contributed by atoms with Crippen molar-refractivity contribution in [2.75, 3.05) is 26.4 Å². The van der Waals surface area contributed by atoms with Crippen molar-refractivity contribution in [2.24, 2.45) is 0 Å². The highest BCUT2D eigenvalue weighted by molar-refractivity contribution is 5.76. The molecule has 7 heteroatoms. The fourth-order valence-corrected chi connectivity index (χ4v) is 3.91. The van der Waals surface area contributed by atoms with Crippen LogP contribution in [0.3, 0.4) is 0 Å². The van der Waals surface area contributed by atoms with Gasteiger partial charge in [0.1, 0.15) is 11.5 Å². The van der Waals surface area contributed by atoms with E-state index in [9.17, 15) is 4.79 Å². The third kappa shape index (κ3) is 4.45. The Balaban J connectivity index is 1.32. The molecule has 29 heavy (non-hydrogen) atoms. The monoisotopic (exact) mass is 397 g/mol. The van der Waals surface area contributed by atoms with Crippen molar-refractivity contribution in [3.05, 3.63) is 48.2 Å². The van der Waals surface area contributed by atoms with Crippen LogP contribution in [0.25, 0.3) is 0 Å². The van der Waals surface area contributed by atoms with Gasteiger partial charge in [-0.05, 0) is 62.1 Å². The third-order valence-corrected chi connectivity index (χ3v) is 5.64. The molecule has 0 radical (unpaired) electrons. The number of carbonyl (C=O) groups excluding carboxylic acids is 1. The van der Waals surface area contributed by atoms with Gasteiger partial charge in [-0.25, -0.2) is 9.78 Å². The molecule has 0 aliphatic carbocycles. The maximum atomic E-state index is 12.6. The lowest BCUT2D eigenvalue weighted by Crippen LogP contribution is -2.66. The number of pyridine rings is 1. The Bertz CT molecular complexity index is 834. The van der Waals surface area contributed by atoms with E-state index in [4.69, 9.17) is 14.2 Å². The summed E-state index contributed by atoms with van der Waals surface area (Å²) >= 11 is 0. The number of ether oxygens (including phenoxy) is 3. The van der Waals surface area contributed by atoms with E-state index in [0.717, 1.165) is 50.3 Å². The minimum absolute atomic E-state index is 0.00248. The highest BCUT2D eigenvalue weighted by atomic mass is 16.5. The number of rotatable bonds is 6. The number of benzene rings is 1. The van der Waals surface area contributed by atoms with E-state index in [1.165, 1.54) is 0 Å². The molecule has 0 unspecified atom stereocenters. The highest BCUT2D eigenvalue weighted by Gasteiger charge is 2.47. The van der Waals surface area contributed by atoms with Crippen molar-refractivity contribution in [3.8, 4) is 17.4 Å². The van der Waals surface area contributed by atoms with Crippen LogP contribution in [0, 0.1) is 0 Å². The molecule has 1 spiro atoms. The number of aromatic nitrogens is 1. The zero-order chi connectivity index (χ0) is 20.1. The summed E-state index contributed by atoms with van der Waals surface area (Å²) in [7, 11) is 0. The molecule has 4 rings (SSSR count). The number of carbonyl (C=O) groups is 1. The number of hydrogen-bond acceptors (Lipinski definition) is 5. The molecule has 2 fully saturated rings. The molecule has 7 nitrogen and oxygen atoms in total. The minimum atomic E-state index is -0.0102. The van der Waals surface area contributed by atoms with Gasteiger partial charge in [-0.3, -0.25) is 0 Å². The van der Waals surface area contributed by atoms with Gasteiger partial charge in [-0.1, -0.05) is 0 Å². The Kier molecular flexibility index (Phi) is 5.85. The molecule has 2 aliphatic heterocycles. The van der Waals surface area contributed by atoms with Gasteiger partial charge in [-0.2, -0.15) is 0 Å². The summed E-state index contributed by atoms with van der Waals surface area (Å²) in [5.41, 5.74) is 0.943. The predicted octanol–water partition coefficient (Wildman–Crippen LogP) is 3.74. The molecular weight excluding hydrogens is 370 g/mol. The quantitative estimate of drug-likeness (QED) is 0.804. The van der Waals surface area contributed by atoms with Crippen LogP contribution in [-0.4, -0.2) is 47.8 Å². The molecular formula is C22H27N3O4. The van der Waals surface area contributed by atoms with Crippen molar-refractivity contribution in [1.82, 2.24) is 15.2 Å². The van der Waals surface area contributed by atoms with Gasteiger partial charge in [0.15, 0.2) is 0 Å².